The summed E-state index contributed by atoms with van der Waals surface area (Å²) in [6.07, 6.45) is -0.415. The molecule has 0 aromatic heterocycles. The molecule has 3 amide bonds. The minimum Gasteiger partial charge on any atom is -0.480 e. The van der Waals surface area contributed by atoms with E-state index in [1.165, 1.54) is 23.6 Å². The topological polar surface area (TPSA) is 173 Å². The Balaban J connectivity index is 2.11. The highest BCUT2D eigenvalue weighted by Gasteiger charge is 2.44. The number of rotatable bonds is 7. The number of carboxylic acids is 1. The Morgan fingerprint density at radius 2 is 1.52 bits per heavy atom. The monoisotopic (exact) mass is 414 g/mol. The third kappa shape index (κ3) is 5.03. The van der Waals surface area contributed by atoms with Crippen LogP contribution in [-0.4, -0.2) is 98.3 Å². The predicted molar refractivity (Wildman–Crippen MR) is 100 cm³/mol. The maximum atomic E-state index is 13.1. The first-order chi connectivity index (χ1) is 13.6. The van der Waals surface area contributed by atoms with E-state index in [-0.39, 0.29) is 0 Å². The van der Waals surface area contributed by atoms with Gasteiger partial charge in [-0.15, -0.1) is 0 Å². The lowest BCUT2D eigenvalue weighted by Crippen LogP contribution is -2.58. The van der Waals surface area contributed by atoms with E-state index in [9.17, 15) is 29.4 Å². The predicted octanol–water partition coefficient (Wildman–Crippen LogP) is -2.37. The molecule has 11 heteroatoms. The standard InChI is InChI=1S/C18H30N4O7/c1-9(23)13(19)17(27)22-8-4-6-12(22)16(26)21-7-3-5-11(21)15(25)20-14(10(2)24)18(28)29/h9-14,23-24H,3-8,19H2,1-2H3,(H,20,25)(H,28,29)/t9-,10-,11+,12+,13+,14+/m1/s1. The number of likely N-dealkylation sites (tertiary alicyclic amines) is 2. The van der Waals surface area contributed by atoms with Crippen molar-refractivity contribution in [2.75, 3.05) is 13.1 Å². The Hall–Kier alpha value is -2.24. The van der Waals surface area contributed by atoms with Gasteiger partial charge in [-0.05, 0) is 39.5 Å². The molecular weight excluding hydrogens is 384 g/mol. The lowest BCUT2D eigenvalue weighted by Gasteiger charge is -2.33. The van der Waals surface area contributed by atoms with Crippen LogP contribution in [-0.2, 0) is 19.2 Å². The van der Waals surface area contributed by atoms with Gasteiger partial charge in [0.15, 0.2) is 6.04 Å². The van der Waals surface area contributed by atoms with E-state index >= 15 is 0 Å². The van der Waals surface area contributed by atoms with Crippen molar-refractivity contribution in [3.63, 3.8) is 0 Å². The molecule has 6 N–H and O–H groups in total. The number of carboxylic acid groups (broad SMARTS) is 1. The second kappa shape index (κ2) is 9.51. The number of carbonyl (C=O) groups excluding carboxylic acids is 3. The molecule has 0 spiro atoms. The number of nitrogens with two attached hydrogens (primary N) is 1. The van der Waals surface area contributed by atoms with Gasteiger partial charge in [-0.3, -0.25) is 14.4 Å². The van der Waals surface area contributed by atoms with Gasteiger partial charge >= 0.3 is 5.97 Å². The van der Waals surface area contributed by atoms with Crippen molar-refractivity contribution < 1.29 is 34.5 Å². The van der Waals surface area contributed by atoms with Gasteiger partial charge in [0.05, 0.1) is 12.2 Å². The fourth-order valence-corrected chi connectivity index (χ4v) is 3.82. The SMILES string of the molecule is C[C@@H](O)[C@H](N)C(=O)N1CCC[C@H]1C(=O)N1CCC[C@H]1C(=O)N[C@H](C(=O)O)[C@@H](C)O. The first-order valence-corrected chi connectivity index (χ1v) is 9.82. The maximum Gasteiger partial charge on any atom is 0.328 e. The number of nitrogens with one attached hydrogen (secondary N) is 1. The smallest absolute Gasteiger partial charge is 0.328 e. The zero-order valence-corrected chi connectivity index (χ0v) is 16.7. The van der Waals surface area contributed by atoms with Gasteiger partial charge in [0, 0.05) is 13.1 Å². The van der Waals surface area contributed by atoms with E-state index in [4.69, 9.17) is 10.8 Å². The van der Waals surface area contributed by atoms with Gasteiger partial charge in [-0.2, -0.15) is 0 Å². The fraction of sp³-hybridized carbons (Fsp3) is 0.778. The van der Waals surface area contributed by atoms with E-state index in [2.05, 4.69) is 5.32 Å². The number of aliphatic carboxylic acids is 1. The largest absolute Gasteiger partial charge is 0.480 e. The molecule has 2 rings (SSSR count). The molecule has 0 aliphatic carbocycles. The quantitative estimate of drug-likeness (QED) is 0.307. The average molecular weight is 414 g/mol. The summed E-state index contributed by atoms with van der Waals surface area (Å²) in [6.45, 7) is 3.30. The van der Waals surface area contributed by atoms with Gasteiger partial charge < -0.3 is 36.2 Å². The second-order valence-corrected chi connectivity index (χ2v) is 7.71. The number of aliphatic hydroxyl groups is 2. The zero-order valence-electron chi connectivity index (χ0n) is 16.7. The molecule has 6 atom stereocenters. The van der Waals surface area contributed by atoms with Crippen molar-refractivity contribution in [3.8, 4) is 0 Å². The van der Waals surface area contributed by atoms with Crippen LogP contribution < -0.4 is 11.1 Å². The summed E-state index contributed by atoms with van der Waals surface area (Å²) in [5.74, 6) is -2.93. The number of hydrogen-bond donors (Lipinski definition) is 5. The molecule has 2 saturated heterocycles. The molecule has 0 aromatic rings. The molecule has 2 aliphatic heterocycles. The highest BCUT2D eigenvalue weighted by Crippen LogP contribution is 2.25. The highest BCUT2D eigenvalue weighted by atomic mass is 16.4. The summed E-state index contributed by atoms with van der Waals surface area (Å²) in [4.78, 5) is 52.2. The van der Waals surface area contributed by atoms with Gasteiger partial charge in [-0.1, -0.05) is 0 Å². The Labute approximate surface area is 168 Å². The second-order valence-electron chi connectivity index (χ2n) is 7.71. The van der Waals surface area contributed by atoms with E-state index in [1.54, 1.807) is 0 Å². The van der Waals surface area contributed by atoms with Crippen molar-refractivity contribution in [1.29, 1.82) is 0 Å². The molecular formula is C18H30N4O7. The molecule has 164 valence electrons. The Bertz CT molecular complexity index is 654. The Morgan fingerprint density at radius 1 is 0.966 bits per heavy atom. The van der Waals surface area contributed by atoms with Crippen LogP contribution in [0.1, 0.15) is 39.5 Å². The number of carbonyl (C=O) groups is 4. The van der Waals surface area contributed by atoms with Gasteiger partial charge in [0.1, 0.15) is 18.1 Å². The van der Waals surface area contributed by atoms with Crippen LogP contribution in [0.4, 0.5) is 0 Å². The lowest BCUT2D eigenvalue weighted by molar-refractivity contribution is -0.149. The zero-order chi connectivity index (χ0) is 21.9. The summed E-state index contributed by atoms with van der Waals surface area (Å²) in [6, 6.07) is -4.25. The number of amides is 3. The first kappa shape index (κ1) is 23.0. The minimum atomic E-state index is -1.48. The highest BCUT2D eigenvalue weighted by molar-refractivity contribution is 5.95. The molecule has 0 unspecified atom stereocenters. The number of nitrogens with zero attached hydrogens (tertiary/aromatic N) is 2. The Kier molecular flexibility index (Phi) is 7.55. The summed E-state index contributed by atoms with van der Waals surface area (Å²) < 4.78 is 0. The van der Waals surface area contributed by atoms with Crippen molar-refractivity contribution >= 4 is 23.7 Å². The molecule has 2 aliphatic rings. The van der Waals surface area contributed by atoms with Crippen LogP contribution >= 0.6 is 0 Å². The third-order valence-electron chi connectivity index (χ3n) is 5.51. The number of hydrogen-bond acceptors (Lipinski definition) is 7. The van der Waals surface area contributed by atoms with Crippen molar-refractivity contribution in [3.05, 3.63) is 0 Å². The molecule has 2 heterocycles. The van der Waals surface area contributed by atoms with E-state index < -0.39 is 60.1 Å². The van der Waals surface area contributed by atoms with Crippen molar-refractivity contribution in [2.24, 2.45) is 5.73 Å². The van der Waals surface area contributed by atoms with E-state index in [1.807, 2.05) is 0 Å². The van der Waals surface area contributed by atoms with Crippen molar-refractivity contribution in [2.45, 2.75) is 75.9 Å². The van der Waals surface area contributed by atoms with Gasteiger partial charge in [-0.25, -0.2) is 4.79 Å². The molecule has 29 heavy (non-hydrogen) atoms. The minimum absolute atomic E-state index is 0.310. The molecule has 11 nitrogen and oxygen atoms in total. The molecule has 0 bridgehead atoms. The van der Waals surface area contributed by atoms with E-state index in [0.717, 1.165) is 0 Å². The maximum absolute atomic E-state index is 13.1. The summed E-state index contributed by atoms with van der Waals surface area (Å²) in [5.41, 5.74) is 5.73. The van der Waals surface area contributed by atoms with Crippen LogP contribution in [0.2, 0.25) is 0 Å². The van der Waals surface area contributed by atoms with Crippen LogP contribution in [0.15, 0.2) is 0 Å². The molecule has 2 fully saturated rings. The van der Waals surface area contributed by atoms with Gasteiger partial charge in [0.2, 0.25) is 17.7 Å². The summed E-state index contributed by atoms with van der Waals surface area (Å²) in [7, 11) is 0. The summed E-state index contributed by atoms with van der Waals surface area (Å²) >= 11 is 0. The average Bonchev–Trinajstić information content (AvgIpc) is 3.32. The van der Waals surface area contributed by atoms with Crippen LogP contribution in [0, 0.1) is 0 Å². The van der Waals surface area contributed by atoms with Crippen LogP contribution in [0.5, 0.6) is 0 Å². The Morgan fingerprint density at radius 3 is 2.03 bits per heavy atom. The number of aliphatic hydroxyl groups excluding tert-OH is 2. The molecule has 0 aromatic carbocycles. The normalized spacial score (nSPS) is 26.0. The van der Waals surface area contributed by atoms with Gasteiger partial charge in [0.25, 0.3) is 0 Å². The fourth-order valence-electron chi connectivity index (χ4n) is 3.82. The lowest BCUT2D eigenvalue weighted by atomic mass is 10.1. The van der Waals surface area contributed by atoms with Crippen LogP contribution in [0.3, 0.4) is 0 Å². The third-order valence-corrected chi connectivity index (χ3v) is 5.51. The first-order valence-electron chi connectivity index (χ1n) is 9.82. The van der Waals surface area contributed by atoms with E-state index in [0.29, 0.717) is 38.8 Å². The van der Waals surface area contributed by atoms with Crippen LogP contribution in [0.25, 0.3) is 0 Å². The molecule has 0 radical (unpaired) electrons. The summed E-state index contributed by atoms with van der Waals surface area (Å²) in [5, 5.41) is 30.6. The van der Waals surface area contributed by atoms with Crippen molar-refractivity contribution in [1.82, 2.24) is 15.1 Å². The molecule has 0 saturated carbocycles.